The first kappa shape index (κ1) is 16.3. The van der Waals surface area contributed by atoms with Gasteiger partial charge in [-0.2, -0.15) is 13.2 Å². The Bertz CT molecular complexity index is 458. The van der Waals surface area contributed by atoms with Crippen LogP contribution >= 0.6 is 0 Å². The molecule has 1 saturated carbocycles. The van der Waals surface area contributed by atoms with Crippen molar-refractivity contribution in [2.75, 3.05) is 0 Å². The van der Waals surface area contributed by atoms with Crippen LogP contribution in [0, 0.1) is 11.7 Å². The van der Waals surface area contributed by atoms with Gasteiger partial charge in [0, 0.05) is 17.6 Å². The topological polar surface area (TPSA) is 12.0 Å². The first-order valence-corrected chi connectivity index (χ1v) is 7.49. The highest BCUT2D eigenvalue weighted by molar-refractivity contribution is 5.21. The van der Waals surface area contributed by atoms with E-state index in [1.54, 1.807) is 18.2 Å². The minimum atomic E-state index is -4.12. The fraction of sp³-hybridized carbons (Fsp3) is 0.625. The smallest absolute Gasteiger partial charge is 0.307 e. The van der Waals surface area contributed by atoms with E-state index in [-0.39, 0.29) is 30.7 Å². The fourth-order valence-corrected chi connectivity index (χ4v) is 3.11. The van der Waals surface area contributed by atoms with Crippen LogP contribution in [0.5, 0.6) is 0 Å². The SMILES string of the molecule is CCC(NC1CCCC(C(F)(F)F)C1)c1ccccc1F. The molecule has 1 aliphatic carbocycles. The number of halogens is 4. The van der Waals surface area contributed by atoms with E-state index >= 15 is 0 Å². The zero-order valence-electron chi connectivity index (χ0n) is 12.1. The molecule has 1 aromatic rings. The molecular formula is C16H21F4N. The average molecular weight is 303 g/mol. The molecule has 0 amide bonds. The number of benzene rings is 1. The van der Waals surface area contributed by atoms with E-state index < -0.39 is 12.1 Å². The zero-order chi connectivity index (χ0) is 15.5. The van der Waals surface area contributed by atoms with Crippen molar-refractivity contribution in [3.05, 3.63) is 35.6 Å². The number of rotatable bonds is 4. The second-order valence-electron chi connectivity index (χ2n) is 5.75. The molecule has 0 saturated heterocycles. The molecule has 0 aromatic heterocycles. The minimum Gasteiger partial charge on any atom is -0.307 e. The lowest BCUT2D eigenvalue weighted by atomic mass is 9.84. The van der Waals surface area contributed by atoms with Gasteiger partial charge in [-0.3, -0.25) is 0 Å². The van der Waals surface area contributed by atoms with Gasteiger partial charge in [0.05, 0.1) is 5.92 Å². The number of hydrogen-bond acceptors (Lipinski definition) is 1. The second-order valence-corrected chi connectivity index (χ2v) is 5.75. The molecular weight excluding hydrogens is 282 g/mol. The average Bonchev–Trinajstić information content (AvgIpc) is 2.45. The molecule has 0 bridgehead atoms. The highest BCUT2D eigenvalue weighted by Crippen LogP contribution is 2.38. The predicted molar refractivity (Wildman–Crippen MR) is 74.4 cm³/mol. The van der Waals surface area contributed by atoms with Crippen LogP contribution in [0.25, 0.3) is 0 Å². The van der Waals surface area contributed by atoms with Crippen molar-refractivity contribution in [2.45, 2.75) is 57.3 Å². The molecule has 0 aliphatic heterocycles. The molecule has 5 heteroatoms. The predicted octanol–water partition coefficient (Wildman–Crippen LogP) is 4.99. The van der Waals surface area contributed by atoms with Crippen LogP contribution in [0.4, 0.5) is 17.6 Å². The highest BCUT2D eigenvalue weighted by Gasteiger charge is 2.42. The minimum absolute atomic E-state index is 0.0917. The molecule has 2 rings (SSSR count). The van der Waals surface area contributed by atoms with Crippen LogP contribution < -0.4 is 5.32 Å². The molecule has 1 aliphatic rings. The van der Waals surface area contributed by atoms with Crippen LogP contribution in [0.1, 0.15) is 50.6 Å². The van der Waals surface area contributed by atoms with Crippen LogP contribution in [-0.2, 0) is 0 Å². The number of nitrogens with one attached hydrogen (secondary N) is 1. The monoisotopic (exact) mass is 303 g/mol. The Balaban J connectivity index is 2.04. The normalized spacial score (nSPS) is 24.8. The van der Waals surface area contributed by atoms with Gasteiger partial charge in [-0.1, -0.05) is 31.5 Å². The summed E-state index contributed by atoms with van der Waals surface area (Å²) in [6.07, 6.45) is -1.89. The fourth-order valence-electron chi connectivity index (χ4n) is 3.11. The summed E-state index contributed by atoms with van der Waals surface area (Å²) in [6.45, 7) is 1.91. The Hall–Kier alpha value is -1.10. The van der Waals surface area contributed by atoms with Gasteiger partial charge in [-0.15, -0.1) is 0 Å². The van der Waals surface area contributed by atoms with E-state index in [1.165, 1.54) is 6.07 Å². The van der Waals surface area contributed by atoms with Crippen molar-refractivity contribution in [1.29, 1.82) is 0 Å². The lowest BCUT2D eigenvalue weighted by molar-refractivity contribution is -0.183. The third-order valence-corrected chi connectivity index (χ3v) is 4.26. The summed E-state index contributed by atoms with van der Waals surface area (Å²) in [7, 11) is 0. The van der Waals surface area contributed by atoms with Gasteiger partial charge in [0.15, 0.2) is 0 Å². The van der Waals surface area contributed by atoms with Crippen LogP contribution in [0.3, 0.4) is 0 Å². The number of alkyl halides is 3. The number of hydrogen-bond donors (Lipinski definition) is 1. The molecule has 1 nitrogen and oxygen atoms in total. The third kappa shape index (κ3) is 4.19. The molecule has 0 radical (unpaired) electrons. The molecule has 0 spiro atoms. The van der Waals surface area contributed by atoms with Gasteiger partial charge in [0.1, 0.15) is 5.82 Å². The molecule has 1 aromatic carbocycles. The van der Waals surface area contributed by atoms with E-state index in [9.17, 15) is 17.6 Å². The van der Waals surface area contributed by atoms with Gasteiger partial charge < -0.3 is 5.32 Å². The van der Waals surface area contributed by atoms with Crippen molar-refractivity contribution in [3.8, 4) is 0 Å². The maximum Gasteiger partial charge on any atom is 0.391 e. The molecule has 21 heavy (non-hydrogen) atoms. The molecule has 3 atom stereocenters. The third-order valence-electron chi connectivity index (χ3n) is 4.26. The van der Waals surface area contributed by atoms with Crippen LogP contribution in [0.2, 0.25) is 0 Å². The molecule has 1 N–H and O–H groups in total. The molecule has 0 heterocycles. The van der Waals surface area contributed by atoms with Crippen molar-refractivity contribution >= 4 is 0 Å². The van der Waals surface area contributed by atoms with E-state index in [4.69, 9.17) is 0 Å². The Morgan fingerprint density at radius 2 is 1.95 bits per heavy atom. The van der Waals surface area contributed by atoms with Crippen molar-refractivity contribution in [3.63, 3.8) is 0 Å². The van der Waals surface area contributed by atoms with E-state index in [1.807, 2.05) is 6.92 Å². The first-order valence-electron chi connectivity index (χ1n) is 7.49. The van der Waals surface area contributed by atoms with Gasteiger partial charge in [-0.25, -0.2) is 4.39 Å². The molecule has 118 valence electrons. The van der Waals surface area contributed by atoms with Crippen molar-refractivity contribution in [1.82, 2.24) is 5.32 Å². The summed E-state index contributed by atoms with van der Waals surface area (Å²) in [5, 5.41) is 3.22. The van der Waals surface area contributed by atoms with Gasteiger partial charge >= 0.3 is 6.18 Å². The van der Waals surface area contributed by atoms with Crippen molar-refractivity contribution in [2.24, 2.45) is 5.92 Å². The second kappa shape index (κ2) is 6.77. The molecule has 3 unspecified atom stereocenters. The highest BCUT2D eigenvalue weighted by atomic mass is 19.4. The summed E-state index contributed by atoms with van der Waals surface area (Å²) in [4.78, 5) is 0. The van der Waals surface area contributed by atoms with Crippen LogP contribution in [-0.4, -0.2) is 12.2 Å². The largest absolute Gasteiger partial charge is 0.391 e. The quantitative estimate of drug-likeness (QED) is 0.773. The standard InChI is InChI=1S/C16H21F4N/c1-2-15(13-8-3-4-9-14(13)17)21-12-7-5-6-11(10-12)16(18,19)20/h3-4,8-9,11-12,15,21H,2,5-7,10H2,1H3. The zero-order valence-corrected chi connectivity index (χ0v) is 12.1. The van der Waals surface area contributed by atoms with E-state index in [2.05, 4.69) is 5.32 Å². The van der Waals surface area contributed by atoms with Crippen LogP contribution in [0.15, 0.2) is 24.3 Å². The van der Waals surface area contributed by atoms with Gasteiger partial charge in [0.2, 0.25) is 0 Å². The van der Waals surface area contributed by atoms with E-state index in [0.29, 0.717) is 18.4 Å². The Morgan fingerprint density at radius 3 is 2.57 bits per heavy atom. The summed E-state index contributed by atoms with van der Waals surface area (Å²) in [5.74, 6) is -1.54. The van der Waals surface area contributed by atoms with E-state index in [0.717, 1.165) is 6.42 Å². The van der Waals surface area contributed by atoms with Crippen molar-refractivity contribution < 1.29 is 17.6 Å². The maximum absolute atomic E-state index is 13.8. The summed E-state index contributed by atoms with van der Waals surface area (Å²) in [5.41, 5.74) is 0.536. The Labute approximate surface area is 122 Å². The first-order chi connectivity index (χ1) is 9.91. The van der Waals surface area contributed by atoms with Gasteiger partial charge in [0.25, 0.3) is 0 Å². The Kier molecular flexibility index (Phi) is 5.25. The lowest BCUT2D eigenvalue weighted by Crippen LogP contribution is -2.40. The molecule has 1 fully saturated rings. The summed E-state index contributed by atoms with van der Waals surface area (Å²) >= 11 is 0. The summed E-state index contributed by atoms with van der Waals surface area (Å²) < 4.78 is 52.3. The lowest BCUT2D eigenvalue weighted by Gasteiger charge is -2.33. The Morgan fingerprint density at radius 1 is 1.24 bits per heavy atom. The maximum atomic E-state index is 13.8. The summed E-state index contributed by atoms with van der Waals surface area (Å²) in [6, 6.07) is 6.02. The van der Waals surface area contributed by atoms with Gasteiger partial charge in [-0.05, 0) is 31.7 Å².